The summed E-state index contributed by atoms with van der Waals surface area (Å²) >= 11 is 0. The summed E-state index contributed by atoms with van der Waals surface area (Å²) < 4.78 is 39.8. The van der Waals surface area contributed by atoms with Crippen molar-refractivity contribution in [2.24, 2.45) is 0 Å². The topological polar surface area (TPSA) is 137 Å². The van der Waals surface area contributed by atoms with Gasteiger partial charge in [-0.2, -0.15) is 0 Å². The molecule has 3 rings (SSSR count). The second kappa shape index (κ2) is 6.96. The Morgan fingerprint density at radius 2 is 2.04 bits per heavy atom. The molecule has 10 nitrogen and oxygen atoms in total. The van der Waals surface area contributed by atoms with E-state index in [-0.39, 0.29) is 11.7 Å². The molecule has 1 N–H and O–H groups in total. The van der Waals surface area contributed by atoms with Crippen LogP contribution in [0.25, 0.3) is 11.5 Å². The molecule has 0 fully saturated rings. The zero-order chi connectivity index (χ0) is 18.7. The quantitative estimate of drug-likeness (QED) is 0.675. The molecule has 0 unspecified atom stereocenters. The van der Waals surface area contributed by atoms with E-state index in [4.69, 9.17) is 13.7 Å². The molecule has 1 amide bonds. The van der Waals surface area contributed by atoms with Gasteiger partial charge in [-0.15, -0.1) is 5.10 Å². The monoisotopic (exact) mass is 378 g/mol. The molecule has 3 aromatic rings. The summed E-state index contributed by atoms with van der Waals surface area (Å²) in [4.78, 5) is 11.9. The van der Waals surface area contributed by atoms with E-state index in [2.05, 4.69) is 20.7 Å². The van der Waals surface area contributed by atoms with Gasteiger partial charge in [-0.1, -0.05) is 22.4 Å². The third-order valence-electron chi connectivity index (χ3n) is 3.23. The summed E-state index contributed by atoms with van der Waals surface area (Å²) in [5.41, 5.74) is 0.437. The lowest BCUT2D eigenvalue weighted by atomic mass is 10.2. The summed E-state index contributed by atoms with van der Waals surface area (Å²) in [6, 6.07) is 8.22. The van der Waals surface area contributed by atoms with Gasteiger partial charge in [0.15, 0.2) is 5.82 Å². The van der Waals surface area contributed by atoms with Gasteiger partial charge in [0.2, 0.25) is 15.7 Å². The average Bonchev–Trinajstić information content (AvgIpc) is 3.24. The van der Waals surface area contributed by atoms with Crippen LogP contribution < -0.4 is 10.1 Å². The molecule has 2 aromatic heterocycles. The van der Waals surface area contributed by atoms with Crippen LogP contribution in [0.3, 0.4) is 0 Å². The summed E-state index contributed by atoms with van der Waals surface area (Å²) in [5.74, 6) is -0.695. The first-order valence-corrected chi connectivity index (χ1v) is 8.97. The fraction of sp³-hybridized carbons (Fsp3) is 0.200. The standard InChI is InChI=1S/C15H14N4O6S/c1-9-7-12(19-25-9)16-13(20)8-26(21,22)15-18-17-14(24-15)10-5-3-4-6-11(10)23-2/h3-7H,8H2,1-2H3,(H,16,19,20). The number of para-hydroxylation sites is 1. The zero-order valence-corrected chi connectivity index (χ0v) is 14.6. The van der Waals surface area contributed by atoms with Gasteiger partial charge < -0.3 is 19.0 Å². The first-order chi connectivity index (χ1) is 12.4. The van der Waals surface area contributed by atoms with E-state index < -0.39 is 26.7 Å². The number of hydrogen-bond donors (Lipinski definition) is 1. The molecule has 1 aromatic carbocycles. The van der Waals surface area contributed by atoms with Crippen molar-refractivity contribution >= 4 is 21.6 Å². The van der Waals surface area contributed by atoms with Gasteiger partial charge in [0, 0.05) is 6.07 Å². The summed E-state index contributed by atoms with van der Waals surface area (Å²) in [5, 5.41) is 12.5. The van der Waals surface area contributed by atoms with Crippen molar-refractivity contribution < 1.29 is 26.9 Å². The molecule has 0 atom stereocenters. The molecule has 0 saturated heterocycles. The predicted molar refractivity (Wildman–Crippen MR) is 88.2 cm³/mol. The highest BCUT2D eigenvalue weighted by atomic mass is 32.2. The van der Waals surface area contributed by atoms with Gasteiger partial charge in [-0.25, -0.2) is 8.42 Å². The zero-order valence-electron chi connectivity index (χ0n) is 13.8. The lowest BCUT2D eigenvalue weighted by molar-refractivity contribution is -0.113. The van der Waals surface area contributed by atoms with E-state index >= 15 is 0 Å². The minimum Gasteiger partial charge on any atom is -0.496 e. The Morgan fingerprint density at radius 3 is 2.73 bits per heavy atom. The number of nitrogens with zero attached hydrogens (tertiary/aromatic N) is 3. The summed E-state index contributed by atoms with van der Waals surface area (Å²) in [6.45, 7) is 1.64. The second-order valence-corrected chi connectivity index (χ2v) is 7.07. The van der Waals surface area contributed by atoms with Crippen molar-refractivity contribution in [2.75, 3.05) is 18.2 Å². The number of sulfone groups is 1. The van der Waals surface area contributed by atoms with Crippen LogP contribution in [0.1, 0.15) is 5.76 Å². The fourth-order valence-corrected chi connectivity index (χ4v) is 3.02. The van der Waals surface area contributed by atoms with Crippen LogP contribution >= 0.6 is 0 Å². The molecular formula is C15H14N4O6S. The van der Waals surface area contributed by atoms with E-state index in [0.717, 1.165) is 0 Å². The first-order valence-electron chi connectivity index (χ1n) is 7.32. The van der Waals surface area contributed by atoms with Crippen LogP contribution in [0.5, 0.6) is 5.75 Å². The minimum absolute atomic E-state index is 0.0337. The van der Waals surface area contributed by atoms with Crippen LogP contribution in [0, 0.1) is 6.92 Å². The highest BCUT2D eigenvalue weighted by molar-refractivity contribution is 7.91. The number of anilines is 1. The lowest BCUT2D eigenvalue weighted by Gasteiger charge is -2.03. The number of ether oxygens (including phenoxy) is 1. The van der Waals surface area contributed by atoms with E-state index in [9.17, 15) is 13.2 Å². The maximum Gasteiger partial charge on any atom is 0.336 e. The van der Waals surface area contributed by atoms with Crippen molar-refractivity contribution in [3.8, 4) is 17.2 Å². The molecule has 2 heterocycles. The fourth-order valence-electron chi connectivity index (χ4n) is 2.10. The number of amides is 1. The van der Waals surface area contributed by atoms with Crippen molar-refractivity contribution in [1.29, 1.82) is 0 Å². The minimum atomic E-state index is -4.13. The SMILES string of the molecule is COc1ccccc1-c1nnc(S(=O)(=O)CC(=O)Nc2cc(C)on2)o1. The Morgan fingerprint density at radius 1 is 1.27 bits per heavy atom. The van der Waals surface area contributed by atoms with Gasteiger partial charge in [0.05, 0.1) is 12.7 Å². The predicted octanol–water partition coefficient (Wildman–Crippen LogP) is 1.45. The van der Waals surface area contributed by atoms with Crippen molar-refractivity contribution in [3.05, 3.63) is 36.1 Å². The van der Waals surface area contributed by atoms with Crippen molar-refractivity contribution in [3.63, 3.8) is 0 Å². The Kier molecular flexibility index (Phi) is 4.71. The molecule has 0 aliphatic rings. The average molecular weight is 378 g/mol. The molecule has 26 heavy (non-hydrogen) atoms. The largest absolute Gasteiger partial charge is 0.496 e. The van der Waals surface area contributed by atoms with E-state index in [1.54, 1.807) is 31.2 Å². The van der Waals surface area contributed by atoms with Crippen LogP contribution in [-0.4, -0.2) is 42.5 Å². The third-order valence-corrected chi connectivity index (χ3v) is 4.57. The molecule has 0 saturated carbocycles. The van der Waals surface area contributed by atoms with E-state index in [1.807, 2.05) is 0 Å². The molecule has 0 spiro atoms. The van der Waals surface area contributed by atoms with Crippen LogP contribution in [-0.2, 0) is 14.6 Å². The molecule has 136 valence electrons. The number of rotatable bonds is 6. The number of carbonyl (C=O) groups is 1. The number of carbonyl (C=O) groups excluding carboxylic acids is 1. The Labute approximate surface area is 148 Å². The maximum absolute atomic E-state index is 12.3. The third kappa shape index (κ3) is 3.72. The lowest BCUT2D eigenvalue weighted by Crippen LogP contribution is -2.23. The number of benzene rings is 1. The highest BCUT2D eigenvalue weighted by Gasteiger charge is 2.27. The smallest absolute Gasteiger partial charge is 0.336 e. The van der Waals surface area contributed by atoms with Gasteiger partial charge in [0.1, 0.15) is 17.3 Å². The Balaban J connectivity index is 1.78. The number of nitrogens with one attached hydrogen (secondary N) is 1. The van der Waals surface area contributed by atoms with Gasteiger partial charge in [0.25, 0.3) is 5.89 Å². The normalized spacial score (nSPS) is 11.3. The maximum atomic E-state index is 12.3. The number of hydrogen-bond acceptors (Lipinski definition) is 9. The van der Waals surface area contributed by atoms with Crippen LogP contribution in [0.15, 0.2) is 44.5 Å². The highest BCUT2D eigenvalue weighted by Crippen LogP contribution is 2.29. The van der Waals surface area contributed by atoms with Gasteiger partial charge in [-0.3, -0.25) is 4.79 Å². The Bertz CT molecular complexity index is 1040. The van der Waals surface area contributed by atoms with Crippen molar-refractivity contribution in [2.45, 2.75) is 12.1 Å². The van der Waals surface area contributed by atoms with Crippen LogP contribution in [0.4, 0.5) is 5.82 Å². The first kappa shape index (κ1) is 17.6. The van der Waals surface area contributed by atoms with Gasteiger partial charge >= 0.3 is 5.22 Å². The number of aromatic nitrogens is 3. The molecular weight excluding hydrogens is 364 g/mol. The number of aryl methyl sites for hydroxylation is 1. The summed E-state index contributed by atoms with van der Waals surface area (Å²) in [6.07, 6.45) is 0. The second-order valence-electron chi connectivity index (χ2n) is 5.20. The number of methoxy groups -OCH3 is 1. The molecule has 0 aliphatic carbocycles. The molecule has 11 heteroatoms. The molecule has 0 bridgehead atoms. The van der Waals surface area contributed by atoms with Crippen LogP contribution in [0.2, 0.25) is 0 Å². The Hall–Kier alpha value is -3.21. The molecule has 0 radical (unpaired) electrons. The van der Waals surface area contributed by atoms with E-state index in [0.29, 0.717) is 17.1 Å². The van der Waals surface area contributed by atoms with Gasteiger partial charge in [-0.05, 0) is 19.1 Å². The van der Waals surface area contributed by atoms with E-state index in [1.165, 1.54) is 13.2 Å². The van der Waals surface area contributed by atoms with Crippen molar-refractivity contribution in [1.82, 2.24) is 15.4 Å². The summed E-state index contributed by atoms with van der Waals surface area (Å²) in [7, 11) is -2.67. The molecule has 0 aliphatic heterocycles.